The van der Waals surface area contributed by atoms with E-state index < -0.39 is 0 Å². The first-order valence-corrected chi connectivity index (χ1v) is 8.12. The molecule has 3 aromatic carbocycles. The minimum atomic E-state index is -0.220. The van der Waals surface area contributed by atoms with Crippen LogP contribution in [0.2, 0.25) is 0 Å². The summed E-state index contributed by atoms with van der Waals surface area (Å²) in [6.45, 7) is 0.196. The van der Waals surface area contributed by atoms with E-state index >= 15 is 0 Å². The summed E-state index contributed by atoms with van der Waals surface area (Å²) in [6.07, 6.45) is 0. The van der Waals surface area contributed by atoms with Crippen LogP contribution in [-0.4, -0.2) is 12.7 Å². The van der Waals surface area contributed by atoms with E-state index in [-0.39, 0.29) is 12.7 Å². The fourth-order valence-electron chi connectivity index (χ4n) is 2.68. The van der Waals surface area contributed by atoms with Crippen molar-refractivity contribution >= 4 is 28.7 Å². The lowest BCUT2D eigenvalue weighted by molar-refractivity contribution is 0.102. The van der Waals surface area contributed by atoms with Crippen LogP contribution in [0.15, 0.2) is 66.7 Å². The number of benzene rings is 3. The summed E-state index contributed by atoms with van der Waals surface area (Å²) >= 11 is 0. The standard InChI is InChI=1S/C20H17N3O3/c21-13-5-7-14(8-6-13)22-17-4-2-1-3-16(17)20(24)23-15-9-10-18-19(11-15)26-12-25-18/h1-11,22H,12,21H2,(H,23,24). The number of para-hydroxylation sites is 1. The quantitative estimate of drug-likeness (QED) is 0.621. The third-order valence-electron chi connectivity index (χ3n) is 3.99. The van der Waals surface area contributed by atoms with Crippen molar-refractivity contribution in [1.82, 2.24) is 0 Å². The summed E-state index contributed by atoms with van der Waals surface area (Å²) in [4.78, 5) is 12.7. The van der Waals surface area contributed by atoms with Gasteiger partial charge in [-0.2, -0.15) is 0 Å². The number of hydrogen-bond donors (Lipinski definition) is 3. The highest BCUT2D eigenvalue weighted by molar-refractivity contribution is 6.08. The molecular weight excluding hydrogens is 330 g/mol. The molecule has 4 rings (SSSR count). The summed E-state index contributed by atoms with van der Waals surface area (Å²) in [5.41, 5.74) is 9.12. The molecule has 0 bridgehead atoms. The topological polar surface area (TPSA) is 85.6 Å². The SMILES string of the molecule is Nc1ccc(Nc2ccccc2C(=O)Nc2ccc3c(c2)OCO3)cc1. The Balaban J connectivity index is 1.55. The molecule has 6 heteroatoms. The fourth-order valence-corrected chi connectivity index (χ4v) is 2.68. The number of carbonyl (C=O) groups is 1. The van der Waals surface area contributed by atoms with Gasteiger partial charge in [-0.3, -0.25) is 4.79 Å². The number of hydrogen-bond acceptors (Lipinski definition) is 5. The molecule has 1 amide bonds. The van der Waals surface area contributed by atoms with E-state index in [1.807, 2.05) is 30.3 Å². The second-order valence-electron chi connectivity index (χ2n) is 5.81. The van der Waals surface area contributed by atoms with Gasteiger partial charge in [0.2, 0.25) is 6.79 Å². The third-order valence-corrected chi connectivity index (χ3v) is 3.99. The lowest BCUT2D eigenvalue weighted by Crippen LogP contribution is -2.13. The summed E-state index contributed by atoms with van der Waals surface area (Å²) in [7, 11) is 0. The number of ether oxygens (including phenoxy) is 2. The predicted octanol–water partition coefficient (Wildman–Crippen LogP) is 3.99. The van der Waals surface area contributed by atoms with E-state index in [4.69, 9.17) is 15.2 Å². The van der Waals surface area contributed by atoms with E-state index in [2.05, 4.69) is 10.6 Å². The van der Waals surface area contributed by atoms with Crippen molar-refractivity contribution in [3.05, 3.63) is 72.3 Å². The molecule has 0 saturated carbocycles. The first kappa shape index (κ1) is 15.8. The Morgan fingerprint density at radius 2 is 1.62 bits per heavy atom. The molecule has 0 spiro atoms. The maximum atomic E-state index is 12.7. The molecular formula is C20H17N3O3. The van der Waals surface area contributed by atoms with Crippen LogP contribution in [0.3, 0.4) is 0 Å². The van der Waals surface area contributed by atoms with Gasteiger partial charge in [-0.25, -0.2) is 0 Å². The van der Waals surface area contributed by atoms with E-state index in [0.29, 0.717) is 34.1 Å². The Hall–Kier alpha value is -3.67. The molecule has 0 aromatic heterocycles. The zero-order valence-electron chi connectivity index (χ0n) is 13.9. The van der Waals surface area contributed by atoms with Gasteiger partial charge in [0.05, 0.1) is 11.3 Å². The lowest BCUT2D eigenvalue weighted by atomic mass is 10.1. The number of rotatable bonds is 4. The number of nitrogen functional groups attached to an aromatic ring is 1. The van der Waals surface area contributed by atoms with Crippen LogP contribution in [0, 0.1) is 0 Å². The highest BCUT2D eigenvalue weighted by Crippen LogP contribution is 2.34. The molecule has 4 N–H and O–H groups in total. The van der Waals surface area contributed by atoms with Crippen LogP contribution in [0.4, 0.5) is 22.7 Å². The minimum Gasteiger partial charge on any atom is -0.454 e. The first-order valence-electron chi connectivity index (χ1n) is 8.12. The zero-order valence-corrected chi connectivity index (χ0v) is 13.9. The zero-order chi connectivity index (χ0) is 17.9. The molecule has 1 aliphatic rings. The Kier molecular flexibility index (Phi) is 4.07. The summed E-state index contributed by atoms with van der Waals surface area (Å²) < 4.78 is 10.6. The van der Waals surface area contributed by atoms with Crippen molar-refractivity contribution in [1.29, 1.82) is 0 Å². The van der Waals surface area contributed by atoms with Crippen LogP contribution in [0.1, 0.15) is 10.4 Å². The molecule has 0 atom stereocenters. The van der Waals surface area contributed by atoms with Gasteiger partial charge >= 0.3 is 0 Å². The molecule has 0 unspecified atom stereocenters. The monoisotopic (exact) mass is 347 g/mol. The highest BCUT2D eigenvalue weighted by atomic mass is 16.7. The number of nitrogens with one attached hydrogen (secondary N) is 2. The number of nitrogens with two attached hydrogens (primary N) is 1. The van der Waals surface area contributed by atoms with Crippen LogP contribution in [0.5, 0.6) is 11.5 Å². The molecule has 130 valence electrons. The summed E-state index contributed by atoms with van der Waals surface area (Å²) in [5, 5.41) is 6.14. The van der Waals surface area contributed by atoms with Crippen LogP contribution in [-0.2, 0) is 0 Å². The average molecular weight is 347 g/mol. The second kappa shape index (κ2) is 6.68. The summed E-state index contributed by atoms with van der Waals surface area (Å²) in [5.74, 6) is 1.08. The van der Waals surface area contributed by atoms with Crippen molar-refractivity contribution in [3.63, 3.8) is 0 Å². The van der Waals surface area contributed by atoms with Crippen molar-refractivity contribution in [2.24, 2.45) is 0 Å². The van der Waals surface area contributed by atoms with Gasteiger partial charge < -0.3 is 25.8 Å². The van der Waals surface area contributed by atoms with Gasteiger partial charge in [-0.05, 0) is 48.5 Å². The number of fused-ring (bicyclic) bond motifs is 1. The summed E-state index contributed by atoms with van der Waals surface area (Å²) in [6, 6.07) is 19.9. The fraction of sp³-hybridized carbons (Fsp3) is 0.0500. The Morgan fingerprint density at radius 1 is 0.885 bits per heavy atom. The molecule has 26 heavy (non-hydrogen) atoms. The minimum absolute atomic E-state index is 0.196. The van der Waals surface area contributed by atoms with Crippen molar-refractivity contribution in [2.45, 2.75) is 0 Å². The number of amides is 1. The Bertz CT molecular complexity index is 955. The molecule has 0 radical (unpaired) electrons. The van der Waals surface area contributed by atoms with Gasteiger partial charge in [0.15, 0.2) is 11.5 Å². The van der Waals surface area contributed by atoms with E-state index in [9.17, 15) is 4.79 Å². The number of carbonyl (C=O) groups excluding carboxylic acids is 1. The van der Waals surface area contributed by atoms with Gasteiger partial charge in [0.25, 0.3) is 5.91 Å². The molecule has 1 aliphatic heterocycles. The Labute approximate surface area is 150 Å². The smallest absolute Gasteiger partial charge is 0.257 e. The lowest BCUT2D eigenvalue weighted by Gasteiger charge is -2.13. The average Bonchev–Trinajstić information content (AvgIpc) is 3.12. The molecule has 0 aliphatic carbocycles. The predicted molar refractivity (Wildman–Crippen MR) is 101 cm³/mol. The van der Waals surface area contributed by atoms with Gasteiger partial charge in [-0.1, -0.05) is 12.1 Å². The van der Waals surface area contributed by atoms with Crippen LogP contribution < -0.4 is 25.8 Å². The molecule has 6 nitrogen and oxygen atoms in total. The first-order chi connectivity index (χ1) is 12.7. The third kappa shape index (κ3) is 3.25. The Morgan fingerprint density at radius 3 is 2.46 bits per heavy atom. The van der Waals surface area contributed by atoms with Gasteiger partial charge in [0.1, 0.15) is 0 Å². The van der Waals surface area contributed by atoms with Crippen LogP contribution >= 0.6 is 0 Å². The normalized spacial score (nSPS) is 11.8. The second-order valence-corrected chi connectivity index (χ2v) is 5.81. The van der Waals surface area contributed by atoms with Crippen molar-refractivity contribution in [3.8, 4) is 11.5 Å². The highest BCUT2D eigenvalue weighted by Gasteiger charge is 2.16. The van der Waals surface area contributed by atoms with Crippen molar-refractivity contribution < 1.29 is 14.3 Å². The molecule has 0 saturated heterocycles. The molecule has 0 fully saturated rings. The number of anilines is 4. The molecule has 3 aromatic rings. The van der Waals surface area contributed by atoms with E-state index in [1.165, 1.54) is 0 Å². The van der Waals surface area contributed by atoms with E-state index in [0.717, 1.165) is 5.69 Å². The van der Waals surface area contributed by atoms with Gasteiger partial charge in [-0.15, -0.1) is 0 Å². The van der Waals surface area contributed by atoms with Crippen molar-refractivity contribution in [2.75, 3.05) is 23.2 Å². The maximum Gasteiger partial charge on any atom is 0.257 e. The largest absolute Gasteiger partial charge is 0.454 e. The van der Waals surface area contributed by atoms with E-state index in [1.54, 1.807) is 36.4 Å². The van der Waals surface area contributed by atoms with Crippen LogP contribution in [0.25, 0.3) is 0 Å². The van der Waals surface area contributed by atoms with Gasteiger partial charge in [0, 0.05) is 23.1 Å². The molecule has 1 heterocycles. The maximum absolute atomic E-state index is 12.7.